The largest absolute Gasteiger partial charge is 0.478 e. The number of fused-ring (bicyclic) bond motifs is 2. The van der Waals surface area contributed by atoms with Gasteiger partial charge in [-0.3, -0.25) is 9.67 Å². The van der Waals surface area contributed by atoms with Gasteiger partial charge in [0.25, 0.3) is 5.88 Å². The molecule has 0 bridgehead atoms. The summed E-state index contributed by atoms with van der Waals surface area (Å²) < 4.78 is 23.0. The first kappa shape index (κ1) is 58.6. The van der Waals surface area contributed by atoms with Crippen LogP contribution < -0.4 is 35.2 Å². The number of hydrogen-bond donors (Lipinski definition) is 4. The predicted molar refractivity (Wildman–Crippen MR) is 307 cm³/mol. The normalized spacial score (nSPS) is 16.2. The maximum Gasteiger partial charge on any atom is 0.407 e. The molecular formula is C54H85N19O5. The Balaban J connectivity index is 0.000000908. The van der Waals surface area contributed by atoms with E-state index in [1.165, 1.54) is 19.3 Å². The number of aliphatic imine (C=N–C) groups is 1. The molecular weight excluding hydrogens is 995 g/mol. The standard InChI is InChI=1S/C48H69N17O4.C4H10N2.C2H6O/c1-7-35-30-52-65-38(27-39(55-43(35)65)62-18-9-8-10-19-62)49-28-34-13-14-40(50-29-34)68-26-12-17-61-24-22-60(23-25-61)16-11-20-64-32-37(45(58-64)67-6)54-42-41-44(59(5)33-51-41)57-46(56-42)63-21-15-36(31-63)53-47(66)69-48(2,3)4;1-5-4-6(2)3;1-2-3/h13-14,27,29-30,32-33,36,49H,7-12,15-26,28,31H2,1-6H3,(H,53,66)(H,54,56,57);4H,1-3H3;3H,2H2,1H3. The zero-order valence-corrected chi connectivity index (χ0v) is 47.8. The van der Waals surface area contributed by atoms with E-state index in [4.69, 9.17) is 39.4 Å². The lowest BCUT2D eigenvalue weighted by Gasteiger charge is -2.34. The number of aromatic nitrogens is 10. The molecule has 1 unspecified atom stereocenters. The van der Waals surface area contributed by atoms with E-state index < -0.39 is 11.7 Å². The Morgan fingerprint density at radius 1 is 0.923 bits per heavy atom. The van der Waals surface area contributed by atoms with Gasteiger partial charge in [-0.2, -0.15) is 19.6 Å². The summed E-state index contributed by atoms with van der Waals surface area (Å²) in [6, 6.07) is 6.09. The molecule has 426 valence electrons. The fourth-order valence-electron chi connectivity index (χ4n) is 9.48. The van der Waals surface area contributed by atoms with Crippen molar-refractivity contribution in [3.8, 4) is 11.8 Å². The van der Waals surface area contributed by atoms with E-state index in [2.05, 4.69) is 74.7 Å². The van der Waals surface area contributed by atoms with Crippen LogP contribution in [0.1, 0.15) is 84.3 Å². The van der Waals surface area contributed by atoms with Gasteiger partial charge in [-0.15, -0.1) is 5.10 Å². The van der Waals surface area contributed by atoms with E-state index in [1.54, 1.807) is 33.7 Å². The van der Waals surface area contributed by atoms with Crippen molar-refractivity contribution in [2.24, 2.45) is 12.0 Å². The topological polar surface area (TPSA) is 234 Å². The number of amides is 1. The van der Waals surface area contributed by atoms with Crippen LogP contribution in [0, 0.1) is 0 Å². The SMILES string of the molecule is CCO.CCc1cnn2c(NCc3ccc(OCCCN4CCN(CCCn5cc(Nc6nc(N7CCC(NC(=O)OC(C)(C)C)C7)nc7c6ncn7C)c(OC)n5)CC4)nc3)cc(N3CCCCC3)nc12.CN=CN(C)C. The number of aliphatic hydroxyl groups excluding tert-OH is 1. The number of hydrogen-bond acceptors (Lipinski definition) is 19. The lowest BCUT2D eigenvalue weighted by Crippen LogP contribution is -2.47. The molecule has 3 aliphatic rings. The molecule has 3 aliphatic heterocycles. The molecule has 9 rings (SSSR count). The molecule has 0 spiro atoms. The summed E-state index contributed by atoms with van der Waals surface area (Å²) in [5.41, 5.74) is 4.62. The van der Waals surface area contributed by atoms with Crippen molar-refractivity contribution < 1.29 is 24.1 Å². The van der Waals surface area contributed by atoms with Crippen LogP contribution >= 0.6 is 0 Å². The maximum atomic E-state index is 12.5. The number of nitrogens with zero attached hydrogens (tertiary/aromatic N) is 16. The van der Waals surface area contributed by atoms with Crippen LogP contribution in [-0.2, 0) is 31.3 Å². The van der Waals surface area contributed by atoms with Gasteiger partial charge in [-0.05, 0) is 84.7 Å². The number of aryl methyl sites for hydroxylation is 3. The Hall–Kier alpha value is -7.05. The molecule has 0 aromatic carbocycles. The molecule has 3 fully saturated rings. The van der Waals surface area contributed by atoms with Crippen molar-refractivity contribution in [2.45, 2.75) is 104 Å². The van der Waals surface area contributed by atoms with E-state index in [0.717, 1.165) is 113 Å². The molecule has 78 heavy (non-hydrogen) atoms. The molecule has 24 heteroatoms. The number of pyridine rings is 1. The van der Waals surface area contributed by atoms with Crippen molar-refractivity contribution in [3.63, 3.8) is 0 Å². The van der Waals surface area contributed by atoms with Gasteiger partial charge >= 0.3 is 6.09 Å². The van der Waals surface area contributed by atoms with Crippen molar-refractivity contribution in [1.29, 1.82) is 0 Å². The van der Waals surface area contributed by atoms with Crippen molar-refractivity contribution >= 4 is 58.3 Å². The zero-order chi connectivity index (χ0) is 55.6. The number of methoxy groups -OCH3 is 1. The molecule has 3 saturated heterocycles. The number of piperazine rings is 1. The Bertz CT molecular complexity index is 2810. The first-order valence-corrected chi connectivity index (χ1v) is 27.6. The Morgan fingerprint density at radius 3 is 2.32 bits per heavy atom. The lowest BCUT2D eigenvalue weighted by molar-refractivity contribution is 0.0509. The second-order valence-corrected chi connectivity index (χ2v) is 21.0. The van der Waals surface area contributed by atoms with Crippen molar-refractivity contribution in [3.05, 3.63) is 54.2 Å². The van der Waals surface area contributed by atoms with Gasteiger partial charge in [0, 0.05) is 131 Å². The number of ether oxygens (including phenoxy) is 3. The Morgan fingerprint density at radius 2 is 1.67 bits per heavy atom. The summed E-state index contributed by atoms with van der Waals surface area (Å²) in [6.45, 7) is 21.1. The molecule has 24 nitrogen and oxygen atoms in total. The molecule has 0 saturated carbocycles. The highest BCUT2D eigenvalue weighted by atomic mass is 16.6. The molecule has 1 atom stereocenters. The average Bonchev–Trinajstić information content (AvgIpc) is 4.26. The summed E-state index contributed by atoms with van der Waals surface area (Å²) in [5, 5.41) is 27.0. The summed E-state index contributed by atoms with van der Waals surface area (Å²) in [7, 11) is 9.16. The first-order valence-electron chi connectivity index (χ1n) is 27.6. The molecule has 4 N–H and O–H groups in total. The highest BCUT2D eigenvalue weighted by Crippen LogP contribution is 2.31. The van der Waals surface area contributed by atoms with Gasteiger partial charge in [0.15, 0.2) is 22.6 Å². The summed E-state index contributed by atoms with van der Waals surface area (Å²) in [5.74, 6) is 4.19. The zero-order valence-electron chi connectivity index (χ0n) is 47.8. The predicted octanol–water partition coefficient (Wildman–Crippen LogP) is 5.70. The van der Waals surface area contributed by atoms with Crippen LogP contribution in [0.2, 0.25) is 0 Å². The molecule has 9 heterocycles. The van der Waals surface area contributed by atoms with E-state index in [1.807, 2.05) is 85.2 Å². The lowest BCUT2D eigenvalue weighted by atomic mass is 10.1. The molecule has 6 aromatic rings. The maximum absolute atomic E-state index is 12.5. The third-order valence-corrected chi connectivity index (χ3v) is 13.3. The van der Waals surface area contributed by atoms with Gasteiger partial charge < -0.3 is 64.3 Å². The third-order valence-electron chi connectivity index (χ3n) is 13.3. The fourth-order valence-corrected chi connectivity index (χ4v) is 9.48. The van der Waals surface area contributed by atoms with Gasteiger partial charge in [-0.1, -0.05) is 13.0 Å². The first-order chi connectivity index (χ1) is 37.7. The van der Waals surface area contributed by atoms with Crippen LogP contribution in [0.4, 0.5) is 33.9 Å². The van der Waals surface area contributed by atoms with Gasteiger partial charge in [-0.25, -0.2) is 19.7 Å². The van der Waals surface area contributed by atoms with Crippen LogP contribution in [0.3, 0.4) is 0 Å². The second kappa shape index (κ2) is 28.5. The van der Waals surface area contributed by atoms with Crippen LogP contribution in [0.5, 0.6) is 11.8 Å². The van der Waals surface area contributed by atoms with E-state index in [-0.39, 0.29) is 12.6 Å². The number of carbonyl (C=O) groups is 1. The number of rotatable bonds is 20. The number of imidazole rings is 1. The fraction of sp³-hybridized carbons (Fsp3) is 0.611. The Labute approximate surface area is 459 Å². The van der Waals surface area contributed by atoms with Gasteiger partial charge in [0.2, 0.25) is 11.8 Å². The smallest absolute Gasteiger partial charge is 0.407 e. The van der Waals surface area contributed by atoms with Crippen LogP contribution in [-0.4, -0.2) is 200 Å². The summed E-state index contributed by atoms with van der Waals surface area (Å²) in [4.78, 5) is 51.6. The Kier molecular flexibility index (Phi) is 21.4. The minimum absolute atomic E-state index is 0.0827. The number of alkyl carbamates (subject to hydrolysis) is 1. The third kappa shape index (κ3) is 16.7. The van der Waals surface area contributed by atoms with Crippen molar-refractivity contribution in [1.82, 2.24) is 68.9 Å². The summed E-state index contributed by atoms with van der Waals surface area (Å²) >= 11 is 0. The number of anilines is 5. The van der Waals surface area contributed by atoms with Gasteiger partial charge in [0.05, 0.1) is 44.8 Å². The molecule has 6 aromatic heterocycles. The van der Waals surface area contributed by atoms with E-state index in [9.17, 15) is 4.79 Å². The summed E-state index contributed by atoms with van der Waals surface area (Å²) in [6.07, 6.45) is 16.1. The number of nitrogens with one attached hydrogen (secondary N) is 3. The molecule has 0 radical (unpaired) electrons. The van der Waals surface area contributed by atoms with Crippen molar-refractivity contribution in [2.75, 3.05) is 127 Å². The van der Waals surface area contributed by atoms with Crippen LogP contribution in [0.15, 0.2) is 48.1 Å². The number of piperidine rings is 1. The minimum atomic E-state index is -0.566. The highest BCUT2D eigenvalue weighted by molar-refractivity contribution is 5.87. The minimum Gasteiger partial charge on any atom is -0.478 e. The van der Waals surface area contributed by atoms with E-state index >= 15 is 0 Å². The van der Waals surface area contributed by atoms with Gasteiger partial charge in [0.1, 0.15) is 22.9 Å². The molecule has 1 amide bonds. The van der Waals surface area contributed by atoms with Crippen LogP contribution in [0.25, 0.3) is 16.8 Å². The van der Waals surface area contributed by atoms with E-state index in [0.29, 0.717) is 66.6 Å². The number of aliphatic hydroxyl groups is 1. The molecule has 0 aliphatic carbocycles. The number of carbonyl (C=O) groups excluding carboxylic acids is 1. The monoisotopic (exact) mass is 1080 g/mol. The quantitative estimate of drug-likeness (QED) is 0.0408. The highest BCUT2D eigenvalue weighted by Gasteiger charge is 2.29. The second-order valence-electron chi connectivity index (χ2n) is 21.0. The average molecular weight is 1080 g/mol.